The fourth-order valence-electron chi connectivity index (χ4n) is 2.89. The second kappa shape index (κ2) is 5.13. The first-order chi connectivity index (χ1) is 6.86. The third-order valence-corrected chi connectivity index (χ3v) is 3.93. The summed E-state index contributed by atoms with van der Waals surface area (Å²) in [5.41, 5.74) is 0. The van der Waals surface area contributed by atoms with Crippen molar-refractivity contribution in [3.05, 3.63) is 0 Å². The smallest absolute Gasteiger partial charge is 0.00962 e. The van der Waals surface area contributed by atoms with Crippen molar-refractivity contribution in [2.75, 3.05) is 26.7 Å². The summed E-state index contributed by atoms with van der Waals surface area (Å²) >= 11 is 0. The molecule has 0 unspecified atom stereocenters. The van der Waals surface area contributed by atoms with Crippen LogP contribution in [0.2, 0.25) is 0 Å². The van der Waals surface area contributed by atoms with E-state index >= 15 is 0 Å². The Balaban J connectivity index is 1.81. The summed E-state index contributed by atoms with van der Waals surface area (Å²) in [4.78, 5) is 2.47. The summed E-state index contributed by atoms with van der Waals surface area (Å²) in [6.45, 7) is 3.88. The van der Waals surface area contributed by atoms with Crippen LogP contribution in [-0.2, 0) is 0 Å². The third-order valence-electron chi connectivity index (χ3n) is 3.93. The van der Waals surface area contributed by atoms with Crippen LogP contribution in [0.5, 0.6) is 0 Å². The van der Waals surface area contributed by atoms with Crippen LogP contribution in [-0.4, -0.2) is 37.6 Å². The highest BCUT2D eigenvalue weighted by Gasteiger charge is 2.25. The molecule has 2 aliphatic heterocycles. The van der Waals surface area contributed by atoms with Crippen LogP contribution in [0.1, 0.15) is 38.5 Å². The summed E-state index contributed by atoms with van der Waals surface area (Å²) in [5.74, 6) is 0.962. The Morgan fingerprint density at radius 1 is 1.00 bits per heavy atom. The molecule has 1 atom stereocenters. The molecule has 0 aromatic heterocycles. The summed E-state index contributed by atoms with van der Waals surface area (Å²) in [6.07, 6.45) is 8.53. The van der Waals surface area contributed by atoms with Crippen molar-refractivity contribution in [1.82, 2.24) is 10.2 Å². The van der Waals surface area contributed by atoms with Gasteiger partial charge in [-0.3, -0.25) is 0 Å². The standard InChI is InChI=1S/C12H24N2/c1-14-9-6-11(7-10-14)12-5-3-2-4-8-13-12/h11-13H,2-10H2,1H3/t12-/m1/s1. The van der Waals surface area contributed by atoms with E-state index in [1.165, 1.54) is 58.2 Å². The van der Waals surface area contributed by atoms with Crippen LogP contribution in [0, 0.1) is 5.92 Å². The van der Waals surface area contributed by atoms with Gasteiger partial charge in [-0.05, 0) is 58.3 Å². The average molecular weight is 196 g/mol. The molecule has 2 heterocycles. The molecule has 0 aliphatic carbocycles. The lowest BCUT2D eigenvalue weighted by Gasteiger charge is -2.34. The van der Waals surface area contributed by atoms with Gasteiger partial charge in [0.15, 0.2) is 0 Å². The van der Waals surface area contributed by atoms with Crippen molar-refractivity contribution >= 4 is 0 Å². The molecule has 2 nitrogen and oxygen atoms in total. The van der Waals surface area contributed by atoms with Crippen LogP contribution in [0.4, 0.5) is 0 Å². The second-order valence-electron chi connectivity index (χ2n) is 5.05. The van der Waals surface area contributed by atoms with E-state index < -0.39 is 0 Å². The highest BCUT2D eigenvalue weighted by atomic mass is 15.1. The lowest BCUT2D eigenvalue weighted by molar-refractivity contribution is 0.182. The lowest BCUT2D eigenvalue weighted by atomic mass is 9.87. The molecule has 0 bridgehead atoms. The Hall–Kier alpha value is -0.0800. The molecular formula is C12H24N2. The zero-order valence-electron chi connectivity index (χ0n) is 9.47. The minimum absolute atomic E-state index is 0.839. The van der Waals surface area contributed by atoms with E-state index in [0.29, 0.717) is 0 Å². The molecule has 0 saturated carbocycles. The van der Waals surface area contributed by atoms with Crippen LogP contribution in [0.25, 0.3) is 0 Å². The van der Waals surface area contributed by atoms with Gasteiger partial charge in [-0.1, -0.05) is 12.8 Å². The fourth-order valence-corrected chi connectivity index (χ4v) is 2.89. The zero-order chi connectivity index (χ0) is 9.80. The highest BCUT2D eigenvalue weighted by molar-refractivity contribution is 4.82. The van der Waals surface area contributed by atoms with Gasteiger partial charge in [0.25, 0.3) is 0 Å². The fraction of sp³-hybridized carbons (Fsp3) is 1.00. The monoisotopic (exact) mass is 196 g/mol. The molecule has 2 rings (SSSR count). The van der Waals surface area contributed by atoms with E-state index in [1.54, 1.807) is 0 Å². The summed E-state index contributed by atoms with van der Waals surface area (Å²) in [7, 11) is 2.25. The lowest BCUT2D eigenvalue weighted by Crippen LogP contribution is -2.41. The predicted octanol–water partition coefficient (Wildman–Crippen LogP) is 1.86. The number of hydrogen-bond acceptors (Lipinski definition) is 2. The van der Waals surface area contributed by atoms with Crippen LogP contribution in [0.15, 0.2) is 0 Å². The van der Waals surface area contributed by atoms with Gasteiger partial charge in [0, 0.05) is 6.04 Å². The maximum atomic E-state index is 3.75. The largest absolute Gasteiger partial charge is 0.314 e. The van der Waals surface area contributed by atoms with Crippen LogP contribution < -0.4 is 5.32 Å². The molecule has 0 spiro atoms. The van der Waals surface area contributed by atoms with Gasteiger partial charge in [0.1, 0.15) is 0 Å². The Labute approximate surface area is 88.1 Å². The normalized spacial score (nSPS) is 32.8. The van der Waals surface area contributed by atoms with Crippen LogP contribution in [0.3, 0.4) is 0 Å². The van der Waals surface area contributed by atoms with Gasteiger partial charge < -0.3 is 10.2 Å². The van der Waals surface area contributed by atoms with Gasteiger partial charge in [-0.2, -0.15) is 0 Å². The predicted molar refractivity (Wildman–Crippen MR) is 60.5 cm³/mol. The molecule has 2 aliphatic rings. The van der Waals surface area contributed by atoms with Crippen molar-refractivity contribution in [3.8, 4) is 0 Å². The molecule has 0 amide bonds. The van der Waals surface area contributed by atoms with E-state index in [0.717, 1.165) is 12.0 Å². The Kier molecular flexibility index (Phi) is 3.82. The molecule has 14 heavy (non-hydrogen) atoms. The first-order valence-electron chi connectivity index (χ1n) is 6.28. The van der Waals surface area contributed by atoms with E-state index in [2.05, 4.69) is 17.3 Å². The van der Waals surface area contributed by atoms with E-state index in [1.807, 2.05) is 0 Å². The number of hydrogen-bond donors (Lipinski definition) is 1. The second-order valence-corrected chi connectivity index (χ2v) is 5.05. The maximum Gasteiger partial charge on any atom is 0.00962 e. The topological polar surface area (TPSA) is 15.3 Å². The summed E-state index contributed by atoms with van der Waals surface area (Å²) in [6, 6.07) is 0.839. The van der Waals surface area contributed by atoms with E-state index in [9.17, 15) is 0 Å². The minimum Gasteiger partial charge on any atom is -0.314 e. The number of piperidine rings is 1. The zero-order valence-corrected chi connectivity index (χ0v) is 9.47. The summed E-state index contributed by atoms with van der Waals surface area (Å²) in [5, 5.41) is 3.75. The van der Waals surface area contributed by atoms with Gasteiger partial charge >= 0.3 is 0 Å². The van der Waals surface area contributed by atoms with Crippen molar-refractivity contribution in [2.24, 2.45) is 5.92 Å². The molecule has 2 saturated heterocycles. The molecule has 0 radical (unpaired) electrons. The first kappa shape index (κ1) is 10.4. The highest BCUT2D eigenvalue weighted by Crippen LogP contribution is 2.24. The van der Waals surface area contributed by atoms with Crippen LogP contribution >= 0.6 is 0 Å². The molecule has 2 heteroatoms. The van der Waals surface area contributed by atoms with E-state index in [-0.39, 0.29) is 0 Å². The van der Waals surface area contributed by atoms with Gasteiger partial charge in [0.2, 0.25) is 0 Å². The Morgan fingerprint density at radius 2 is 1.79 bits per heavy atom. The minimum atomic E-state index is 0.839. The van der Waals surface area contributed by atoms with Gasteiger partial charge in [-0.25, -0.2) is 0 Å². The van der Waals surface area contributed by atoms with Gasteiger partial charge in [0.05, 0.1) is 0 Å². The molecule has 0 aromatic carbocycles. The Morgan fingerprint density at radius 3 is 2.57 bits per heavy atom. The molecule has 1 N–H and O–H groups in total. The number of nitrogens with zero attached hydrogens (tertiary/aromatic N) is 1. The van der Waals surface area contributed by atoms with E-state index in [4.69, 9.17) is 0 Å². The third kappa shape index (κ3) is 2.71. The molecule has 0 aromatic rings. The van der Waals surface area contributed by atoms with Gasteiger partial charge in [-0.15, -0.1) is 0 Å². The van der Waals surface area contributed by atoms with Crippen molar-refractivity contribution in [1.29, 1.82) is 0 Å². The van der Waals surface area contributed by atoms with Crippen molar-refractivity contribution in [3.63, 3.8) is 0 Å². The average Bonchev–Trinajstić information content (AvgIpc) is 2.47. The van der Waals surface area contributed by atoms with Crippen molar-refractivity contribution in [2.45, 2.75) is 44.6 Å². The quantitative estimate of drug-likeness (QED) is 0.688. The number of rotatable bonds is 1. The summed E-state index contributed by atoms with van der Waals surface area (Å²) < 4.78 is 0. The number of likely N-dealkylation sites (tertiary alicyclic amines) is 1. The number of nitrogens with one attached hydrogen (secondary N) is 1. The molecule has 2 fully saturated rings. The SMILES string of the molecule is CN1CCC([C@H]2CCCCCN2)CC1. The van der Waals surface area contributed by atoms with Crippen molar-refractivity contribution < 1.29 is 0 Å². The molecular weight excluding hydrogens is 172 g/mol. The Bertz CT molecular complexity index is 154. The first-order valence-corrected chi connectivity index (χ1v) is 6.28. The molecule has 82 valence electrons. The maximum absolute atomic E-state index is 3.75.